The molecule has 1 aromatic heterocycles. The van der Waals surface area contributed by atoms with Crippen LogP contribution in [0.5, 0.6) is 5.75 Å². The van der Waals surface area contributed by atoms with E-state index in [2.05, 4.69) is 15.2 Å². The van der Waals surface area contributed by atoms with Crippen LogP contribution in [0.4, 0.5) is 0 Å². The second kappa shape index (κ2) is 7.63. The summed E-state index contributed by atoms with van der Waals surface area (Å²) in [5.41, 5.74) is 0.152. The summed E-state index contributed by atoms with van der Waals surface area (Å²) in [7, 11) is 0. The fourth-order valence-corrected chi connectivity index (χ4v) is 3.13. The number of aromatic carboxylic acids is 1. The highest BCUT2D eigenvalue weighted by Gasteiger charge is 2.21. The summed E-state index contributed by atoms with van der Waals surface area (Å²) < 4.78 is 7.61. The number of ether oxygens (including phenoxy) is 1. The normalized spacial score (nSPS) is 18.5. The van der Waals surface area contributed by atoms with Crippen molar-refractivity contribution in [3.05, 3.63) is 41.2 Å². The molecular weight excluding hydrogens is 332 g/mol. The van der Waals surface area contributed by atoms with E-state index in [-0.39, 0.29) is 5.56 Å². The molecule has 24 heavy (non-hydrogen) atoms. The minimum absolute atomic E-state index is 0.152. The number of hydrogen-bond acceptors (Lipinski definition) is 5. The van der Waals surface area contributed by atoms with Crippen LogP contribution < -0.4 is 4.74 Å². The van der Waals surface area contributed by atoms with Crippen molar-refractivity contribution in [2.75, 3.05) is 26.2 Å². The molecule has 1 atom stereocenters. The van der Waals surface area contributed by atoms with Gasteiger partial charge in [-0.05, 0) is 37.6 Å². The number of carbonyl (C=O) groups is 1. The van der Waals surface area contributed by atoms with E-state index in [1.807, 2.05) is 10.9 Å². The second-order valence-electron chi connectivity index (χ2n) is 5.78. The Morgan fingerprint density at radius 3 is 3.04 bits per heavy atom. The van der Waals surface area contributed by atoms with Gasteiger partial charge in [-0.1, -0.05) is 16.8 Å². The van der Waals surface area contributed by atoms with Crippen LogP contribution in [0.25, 0.3) is 0 Å². The van der Waals surface area contributed by atoms with Gasteiger partial charge in [0, 0.05) is 19.3 Å². The molecule has 2 heterocycles. The van der Waals surface area contributed by atoms with E-state index in [1.165, 1.54) is 12.1 Å². The topological polar surface area (TPSA) is 80.5 Å². The summed E-state index contributed by atoms with van der Waals surface area (Å²) in [5.74, 6) is -0.498. The van der Waals surface area contributed by atoms with Crippen LogP contribution in [-0.2, 0) is 0 Å². The molecule has 1 aliphatic rings. The Morgan fingerprint density at radius 2 is 2.33 bits per heavy atom. The first-order chi connectivity index (χ1) is 11.6. The molecule has 0 aliphatic carbocycles. The average Bonchev–Trinajstić information content (AvgIpc) is 3.11. The van der Waals surface area contributed by atoms with Gasteiger partial charge in [-0.2, -0.15) is 0 Å². The Labute approximate surface area is 144 Å². The maximum absolute atomic E-state index is 10.9. The fraction of sp³-hybridized carbons (Fsp3) is 0.438. The Bertz CT molecular complexity index is 693. The van der Waals surface area contributed by atoms with E-state index in [0.717, 1.165) is 32.5 Å². The van der Waals surface area contributed by atoms with E-state index in [9.17, 15) is 4.79 Å². The van der Waals surface area contributed by atoms with E-state index >= 15 is 0 Å². The molecule has 7 nitrogen and oxygen atoms in total. The number of benzene rings is 1. The molecule has 1 unspecified atom stereocenters. The first-order valence-electron chi connectivity index (χ1n) is 7.87. The van der Waals surface area contributed by atoms with Gasteiger partial charge >= 0.3 is 5.97 Å². The molecule has 2 aromatic rings. The third kappa shape index (κ3) is 4.04. The van der Waals surface area contributed by atoms with Crippen molar-refractivity contribution >= 4 is 17.6 Å². The molecule has 0 spiro atoms. The van der Waals surface area contributed by atoms with Gasteiger partial charge in [-0.3, -0.25) is 4.90 Å². The summed E-state index contributed by atoms with van der Waals surface area (Å²) in [6.07, 6.45) is 5.81. The molecule has 1 saturated heterocycles. The van der Waals surface area contributed by atoms with Crippen molar-refractivity contribution in [1.29, 1.82) is 0 Å². The van der Waals surface area contributed by atoms with Gasteiger partial charge in [-0.15, -0.1) is 5.10 Å². The molecule has 0 amide bonds. The zero-order valence-corrected chi connectivity index (χ0v) is 13.9. The van der Waals surface area contributed by atoms with Gasteiger partial charge in [0.05, 0.1) is 22.8 Å². The number of likely N-dealkylation sites (tertiary alicyclic amines) is 1. The number of piperidine rings is 1. The van der Waals surface area contributed by atoms with Crippen molar-refractivity contribution in [2.45, 2.75) is 18.9 Å². The molecule has 1 aromatic carbocycles. The lowest BCUT2D eigenvalue weighted by Crippen LogP contribution is -2.39. The Hall–Kier alpha value is -2.12. The molecule has 0 saturated carbocycles. The lowest BCUT2D eigenvalue weighted by molar-refractivity contribution is 0.0697. The zero-order valence-electron chi connectivity index (χ0n) is 13.1. The number of hydrogen-bond donors (Lipinski definition) is 1. The lowest BCUT2D eigenvalue weighted by Gasteiger charge is -2.32. The van der Waals surface area contributed by atoms with Crippen LogP contribution in [0.3, 0.4) is 0 Å². The van der Waals surface area contributed by atoms with Crippen LogP contribution in [0.1, 0.15) is 29.2 Å². The standard InChI is InChI=1S/C16H19ClN4O3/c17-14-10-12(16(22)23)3-4-15(14)24-9-8-20-6-1-2-13(11-20)21-7-5-18-19-21/h3-5,7,10,13H,1-2,6,8-9,11H2,(H,22,23). The van der Waals surface area contributed by atoms with E-state index in [0.29, 0.717) is 23.4 Å². The van der Waals surface area contributed by atoms with Crippen molar-refractivity contribution < 1.29 is 14.6 Å². The van der Waals surface area contributed by atoms with Gasteiger partial charge < -0.3 is 9.84 Å². The van der Waals surface area contributed by atoms with Crippen LogP contribution in [0.15, 0.2) is 30.6 Å². The van der Waals surface area contributed by atoms with Gasteiger partial charge in [0.2, 0.25) is 0 Å². The number of rotatable bonds is 6. The maximum atomic E-state index is 10.9. The van der Waals surface area contributed by atoms with Crippen LogP contribution in [-0.4, -0.2) is 57.2 Å². The predicted molar refractivity (Wildman–Crippen MR) is 88.6 cm³/mol. The van der Waals surface area contributed by atoms with E-state index in [4.69, 9.17) is 21.4 Å². The first kappa shape index (κ1) is 16.7. The highest BCUT2D eigenvalue weighted by Crippen LogP contribution is 2.26. The van der Waals surface area contributed by atoms with Gasteiger partial charge in [0.1, 0.15) is 12.4 Å². The second-order valence-corrected chi connectivity index (χ2v) is 6.19. The zero-order chi connectivity index (χ0) is 16.9. The molecule has 1 fully saturated rings. The van der Waals surface area contributed by atoms with Crippen molar-refractivity contribution in [3.63, 3.8) is 0 Å². The molecule has 1 N–H and O–H groups in total. The van der Waals surface area contributed by atoms with Crippen LogP contribution >= 0.6 is 11.6 Å². The first-order valence-corrected chi connectivity index (χ1v) is 8.25. The molecular formula is C16H19ClN4O3. The van der Waals surface area contributed by atoms with Gasteiger partial charge in [0.25, 0.3) is 0 Å². The van der Waals surface area contributed by atoms with Crippen molar-refractivity contribution in [2.24, 2.45) is 0 Å². The summed E-state index contributed by atoms with van der Waals surface area (Å²) in [6, 6.07) is 4.84. The number of carboxylic acid groups (broad SMARTS) is 1. The van der Waals surface area contributed by atoms with E-state index < -0.39 is 5.97 Å². The lowest BCUT2D eigenvalue weighted by atomic mass is 10.1. The summed E-state index contributed by atoms with van der Waals surface area (Å²) in [5, 5.41) is 17.2. The number of carboxylic acids is 1. The maximum Gasteiger partial charge on any atom is 0.335 e. The number of nitrogens with zero attached hydrogens (tertiary/aromatic N) is 4. The number of halogens is 1. The third-order valence-corrected chi connectivity index (χ3v) is 4.44. The highest BCUT2D eigenvalue weighted by atomic mass is 35.5. The largest absolute Gasteiger partial charge is 0.491 e. The van der Waals surface area contributed by atoms with Crippen molar-refractivity contribution in [3.8, 4) is 5.75 Å². The molecule has 1 aliphatic heterocycles. The average molecular weight is 351 g/mol. The highest BCUT2D eigenvalue weighted by molar-refractivity contribution is 6.32. The summed E-state index contributed by atoms with van der Waals surface area (Å²) in [6.45, 7) is 3.22. The third-order valence-electron chi connectivity index (χ3n) is 4.14. The van der Waals surface area contributed by atoms with Crippen molar-refractivity contribution in [1.82, 2.24) is 19.9 Å². The Balaban J connectivity index is 1.50. The molecule has 128 valence electrons. The van der Waals surface area contributed by atoms with Gasteiger partial charge in [0.15, 0.2) is 0 Å². The monoisotopic (exact) mass is 350 g/mol. The summed E-state index contributed by atoms with van der Waals surface area (Å²) in [4.78, 5) is 13.2. The quantitative estimate of drug-likeness (QED) is 0.861. The summed E-state index contributed by atoms with van der Waals surface area (Å²) >= 11 is 6.07. The molecule has 0 radical (unpaired) electrons. The molecule has 8 heteroatoms. The molecule has 3 rings (SSSR count). The SMILES string of the molecule is O=C(O)c1ccc(OCCN2CCCC(n3ccnn3)C2)c(Cl)c1. The predicted octanol–water partition coefficient (Wildman–Crippen LogP) is 2.35. The smallest absolute Gasteiger partial charge is 0.335 e. The van der Waals surface area contributed by atoms with E-state index in [1.54, 1.807) is 12.3 Å². The van der Waals surface area contributed by atoms with Gasteiger partial charge in [-0.25, -0.2) is 9.48 Å². The minimum atomic E-state index is -1.00. The molecule has 0 bridgehead atoms. The Kier molecular flexibility index (Phi) is 5.32. The minimum Gasteiger partial charge on any atom is -0.491 e. The number of aromatic nitrogens is 3. The Morgan fingerprint density at radius 1 is 1.46 bits per heavy atom. The van der Waals surface area contributed by atoms with Crippen LogP contribution in [0.2, 0.25) is 5.02 Å². The van der Waals surface area contributed by atoms with Crippen LogP contribution in [0, 0.1) is 0 Å². The fourth-order valence-electron chi connectivity index (χ4n) is 2.90.